The van der Waals surface area contributed by atoms with Gasteiger partial charge in [0.1, 0.15) is 18.5 Å². The molecule has 1 aliphatic rings. The summed E-state index contributed by atoms with van der Waals surface area (Å²) in [4.78, 5) is 17.2. The molecule has 0 spiro atoms. The van der Waals surface area contributed by atoms with Crippen molar-refractivity contribution in [2.45, 2.75) is 20.0 Å². The molecule has 178 valence electrons. The van der Waals surface area contributed by atoms with Crippen molar-refractivity contribution in [3.05, 3.63) is 94.0 Å². The van der Waals surface area contributed by atoms with E-state index >= 15 is 0 Å². The summed E-state index contributed by atoms with van der Waals surface area (Å²) in [5.74, 6) is 0.564. The largest absolute Gasteiger partial charge is 0.491 e. The fourth-order valence-electron chi connectivity index (χ4n) is 4.12. The van der Waals surface area contributed by atoms with Gasteiger partial charge in [0.15, 0.2) is 5.78 Å². The van der Waals surface area contributed by atoms with E-state index in [-0.39, 0.29) is 12.4 Å². The maximum Gasteiger partial charge on any atom is 0.193 e. The topological polar surface area (TPSA) is 53.0 Å². The molecule has 4 rings (SSSR count). The molecule has 1 aliphatic heterocycles. The molecule has 3 aromatic rings. The SMILES string of the molecule is Cc1ccc(N2CCN(CC(O)COc3ccc(C(=O)c4ccc(Cl)cc4)cc3)CC2)cc1C. The fourth-order valence-corrected chi connectivity index (χ4v) is 4.25. The number of halogens is 1. The van der Waals surface area contributed by atoms with Crippen LogP contribution in [0.15, 0.2) is 66.7 Å². The number of ether oxygens (including phenoxy) is 1. The van der Waals surface area contributed by atoms with E-state index in [1.807, 2.05) is 0 Å². The van der Waals surface area contributed by atoms with Crippen molar-refractivity contribution in [3.63, 3.8) is 0 Å². The number of piperazine rings is 1. The number of aryl methyl sites for hydroxylation is 2. The minimum Gasteiger partial charge on any atom is -0.491 e. The molecule has 0 aliphatic carbocycles. The Labute approximate surface area is 206 Å². The van der Waals surface area contributed by atoms with E-state index in [1.165, 1.54) is 16.8 Å². The molecule has 5 nitrogen and oxygen atoms in total. The van der Waals surface area contributed by atoms with Crippen LogP contribution in [-0.4, -0.2) is 61.2 Å². The van der Waals surface area contributed by atoms with Gasteiger partial charge in [0, 0.05) is 54.6 Å². The molecule has 6 heteroatoms. The van der Waals surface area contributed by atoms with E-state index < -0.39 is 6.10 Å². The summed E-state index contributed by atoms with van der Waals surface area (Å²) >= 11 is 5.89. The lowest BCUT2D eigenvalue weighted by molar-refractivity contribution is 0.0663. The molecule has 1 fully saturated rings. The van der Waals surface area contributed by atoms with Crippen LogP contribution in [0.4, 0.5) is 5.69 Å². The van der Waals surface area contributed by atoms with E-state index in [1.54, 1.807) is 48.5 Å². The normalized spacial score (nSPS) is 15.2. The number of aliphatic hydroxyl groups excluding tert-OH is 1. The minimum atomic E-state index is -0.580. The zero-order chi connectivity index (χ0) is 24.1. The number of benzene rings is 3. The smallest absolute Gasteiger partial charge is 0.193 e. The van der Waals surface area contributed by atoms with E-state index in [0.29, 0.717) is 28.4 Å². The van der Waals surface area contributed by atoms with Crippen molar-refractivity contribution < 1.29 is 14.6 Å². The van der Waals surface area contributed by atoms with Crippen molar-refractivity contribution in [2.24, 2.45) is 0 Å². The lowest BCUT2D eigenvalue weighted by atomic mass is 10.0. The summed E-state index contributed by atoms with van der Waals surface area (Å²) in [6.07, 6.45) is -0.580. The second-order valence-electron chi connectivity index (χ2n) is 8.88. The number of hydrogen-bond donors (Lipinski definition) is 1. The molecule has 34 heavy (non-hydrogen) atoms. The van der Waals surface area contributed by atoms with Crippen LogP contribution in [-0.2, 0) is 0 Å². The molecule has 1 N–H and O–H groups in total. The summed E-state index contributed by atoms with van der Waals surface area (Å²) in [7, 11) is 0. The zero-order valence-electron chi connectivity index (χ0n) is 19.7. The number of carbonyl (C=O) groups is 1. The first-order valence-corrected chi connectivity index (χ1v) is 12.0. The average Bonchev–Trinajstić information content (AvgIpc) is 2.85. The highest BCUT2D eigenvalue weighted by molar-refractivity contribution is 6.30. The highest BCUT2D eigenvalue weighted by Crippen LogP contribution is 2.21. The first-order chi connectivity index (χ1) is 16.4. The molecule has 0 bridgehead atoms. The van der Waals surface area contributed by atoms with Crippen molar-refractivity contribution >= 4 is 23.1 Å². The van der Waals surface area contributed by atoms with Crippen molar-refractivity contribution in [1.29, 1.82) is 0 Å². The highest BCUT2D eigenvalue weighted by atomic mass is 35.5. The van der Waals surface area contributed by atoms with Gasteiger partial charge in [0.05, 0.1) is 0 Å². The predicted molar refractivity (Wildman–Crippen MR) is 137 cm³/mol. The average molecular weight is 479 g/mol. The Kier molecular flexibility index (Phi) is 7.88. The molecule has 0 amide bonds. The third kappa shape index (κ3) is 6.17. The van der Waals surface area contributed by atoms with Gasteiger partial charge in [-0.05, 0) is 85.6 Å². The number of β-amino-alcohol motifs (C(OH)–C–C–N with tert-alkyl or cyclic N) is 1. The first-order valence-electron chi connectivity index (χ1n) is 11.6. The lowest BCUT2D eigenvalue weighted by Crippen LogP contribution is -2.49. The summed E-state index contributed by atoms with van der Waals surface area (Å²) in [5.41, 5.74) is 5.07. The molecule has 0 radical (unpaired) electrons. The van der Waals surface area contributed by atoms with Crippen molar-refractivity contribution in [3.8, 4) is 5.75 Å². The number of rotatable bonds is 8. The first kappa shape index (κ1) is 24.3. The molecular formula is C28H31ClN2O3. The molecule has 0 saturated carbocycles. The van der Waals surface area contributed by atoms with Crippen LogP contribution in [0, 0.1) is 13.8 Å². The Morgan fingerprint density at radius 2 is 1.53 bits per heavy atom. The number of hydrogen-bond acceptors (Lipinski definition) is 5. The molecule has 1 atom stereocenters. The Bertz CT molecular complexity index is 1110. The van der Waals surface area contributed by atoms with Crippen LogP contribution in [0.1, 0.15) is 27.0 Å². The van der Waals surface area contributed by atoms with Crippen LogP contribution in [0.2, 0.25) is 5.02 Å². The number of carbonyl (C=O) groups excluding carboxylic acids is 1. The van der Waals surface area contributed by atoms with Crippen molar-refractivity contribution in [1.82, 2.24) is 4.90 Å². The van der Waals surface area contributed by atoms with Gasteiger partial charge >= 0.3 is 0 Å². The third-order valence-electron chi connectivity index (χ3n) is 6.36. The van der Waals surface area contributed by atoms with Crippen LogP contribution >= 0.6 is 11.6 Å². The zero-order valence-corrected chi connectivity index (χ0v) is 20.5. The van der Waals surface area contributed by atoms with Crippen LogP contribution < -0.4 is 9.64 Å². The van der Waals surface area contributed by atoms with Gasteiger partial charge in [0.2, 0.25) is 0 Å². The third-order valence-corrected chi connectivity index (χ3v) is 6.61. The van der Waals surface area contributed by atoms with Gasteiger partial charge in [-0.15, -0.1) is 0 Å². The quantitative estimate of drug-likeness (QED) is 0.473. The second kappa shape index (κ2) is 11.0. The summed E-state index contributed by atoms with van der Waals surface area (Å²) in [5, 5.41) is 11.1. The van der Waals surface area contributed by atoms with Gasteiger partial charge in [0.25, 0.3) is 0 Å². The molecule has 3 aromatic carbocycles. The second-order valence-corrected chi connectivity index (χ2v) is 9.32. The molecule has 0 aromatic heterocycles. The van der Waals surface area contributed by atoms with Crippen LogP contribution in [0.3, 0.4) is 0 Å². The van der Waals surface area contributed by atoms with Gasteiger partial charge in [-0.25, -0.2) is 0 Å². The van der Waals surface area contributed by atoms with E-state index in [9.17, 15) is 9.90 Å². The minimum absolute atomic E-state index is 0.0665. The Balaban J connectivity index is 1.22. The molecular weight excluding hydrogens is 448 g/mol. The molecule has 1 heterocycles. The predicted octanol–water partition coefficient (Wildman–Crippen LogP) is 4.75. The standard InChI is InChI=1S/C28H31ClN2O3/c1-20-3-10-25(17-21(20)2)31-15-13-30(14-16-31)18-26(32)19-34-27-11-6-23(7-12-27)28(33)22-4-8-24(29)9-5-22/h3-12,17,26,32H,13-16,18-19H2,1-2H3. The van der Waals surface area contributed by atoms with Gasteiger partial charge in [-0.2, -0.15) is 0 Å². The Morgan fingerprint density at radius 1 is 0.912 bits per heavy atom. The molecule has 1 saturated heterocycles. The van der Waals surface area contributed by atoms with Gasteiger partial charge < -0.3 is 14.7 Å². The van der Waals surface area contributed by atoms with E-state index in [0.717, 1.165) is 26.2 Å². The number of anilines is 1. The fraction of sp³-hybridized carbons (Fsp3) is 0.321. The summed E-state index contributed by atoms with van der Waals surface area (Å²) < 4.78 is 5.76. The lowest BCUT2D eigenvalue weighted by Gasteiger charge is -2.37. The van der Waals surface area contributed by atoms with E-state index in [2.05, 4.69) is 41.8 Å². The maximum atomic E-state index is 12.6. The van der Waals surface area contributed by atoms with Crippen LogP contribution in [0.5, 0.6) is 5.75 Å². The van der Waals surface area contributed by atoms with Gasteiger partial charge in [-0.3, -0.25) is 9.69 Å². The highest BCUT2D eigenvalue weighted by Gasteiger charge is 2.20. The number of ketones is 1. The Morgan fingerprint density at radius 3 is 2.15 bits per heavy atom. The van der Waals surface area contributed by atoms with Crippen molar-refractivity contribution in [2.75, 3.05) is 44.2 Å². The number of aliphatic hydroxyl groups is 1. The Hall–Kier alpha value is -2.86. The molecule has 1 unspecified atom stereocenters. The van der Waals surface area contributed by atoms with Crippen LogP contribution in [0.25, 0.3) is 0 Å². The maximum absolute atomic E-state index is 12.6. The van der Waals surface area contributed by atoms with E-state index in [4.69, 9.17) is 16.3 Å². The van der Waals surface area contributed by atoms with Gasteiger partial charge in [-0.1, -0.05) is 17.7 Å². The number of nitrogens with zero attached hydrogens (tertiary/aromatic N) is 2. The monoisotopic (exact) mass is 478 g/mol. The summed E-state index contributed by atoms with van der Waals surface area (Å²) in [6.45, 7) is 8.78. The summed E-state index contributed by atoms with van der Waals surface area (Å²) in [6, 6.07) is 20.5.